The zero-order chi connectivity index (χ0) is 10.1. The van der Waals surface area contributed by atoms with E-state index in [9.17, 15) is 0 Å². The Morgan fingerprint density at radius 1 is 1.43 bits per heavy atom. The summed E-state index contributed by atoms with van der Waals surface area (Å²) in [6.45, 7) is 6.25. The lowest BCUT2D eigenvalue weighted by Gasteiger charge is -2.27. The van der Waals surface area contributed by atoms with Crippen molar-refractivity contribution in [2.75, 3.05) is 0 Å². The molecule has 1 aromatic rings. The Morgan fingerprint density at radius 3 is 2.43 bits per heavy atom. The molecule has 2 nitrogen and oxygen atoms in total. The van der Waals surface area contributed by atoms with Gasteiger partial charge in [-0.05, 0) is 11.5 Å². The van der Waals surface area contributed by atoms with Crippen molar-refractivity contribution in [2.24, 2.45) is 11.1 Å². The van der Waals surface area contributed by atoms with Crippen molar-refractivity contribution in [3.05, 3.63) is 29.0 Å². The van der Waals surface area contributed by atoms with Gasteiger partial charge in [-0.2, -0.15) is 0 Å². The van der Waals surface area contributed by atoms with Gasteiger partial charge in [-0.3, -0.25) is 0 Å². The van der Waals surface area contributed by atoms with E-state index in [1.165, 1.54) is 0 Å². The number of nitrogens with two attached hydrogens (primary N) is 1. The molecule has 1 heterocycles. The van der Waals surface area contributed by atoms with Crippen LogP contribution in [0.2, 0.25) is 5.15 Å². The van der Waals surface area contributed by atoms with E-state index in [0.717, 1.165) is 5.56 Å². The maximum Gasteiger partial charge on any atom is 0.133 e. The molecule has 0 saturated heterocycles. The molecule has 0 aliphatic carbocycles. The number of aromatic nitrogens is 1. The van der Waals surface area contributed by atoms with E-state index >= 15 is 0 Å². The molecular formula is C10H16Cl2N2. The van der Waals surface area contributed by atoms with Gasteiger partial charge < -0.3 is 5.73 Å². The van der Waals surface area contributed by atoms with Crippen LogP contribution in [0.25, 0.3) is 0 Å². The van der Waals surface area contributed by atoms with E-state index in [1.807, 2.05) is 12.1 Å². The Kier molecular flexibility index (Phi) is 4.85. The highest BCUT2D eigenvalue weighted by atomic mass is 35.5. The van der Waals surface area contributed by atoms with E-state index in [1.54, 1.807) is 6.20 Å². The summed E-state index contributed by atoms with van der Waals surface area (Å²) in [5.41, 5.74) is 6.97. The van der Waals surface area contributed by atoms with E-state index in [2.05, 4.69) is 25.8 Å². The number of halogens is 2. The van der Waals surface area contributed by atoms with Crippen LogP contribution in [0.3, 0.4) is 0 Å². The van der Waals surface area contributed by atoms with Crippen LogP contribution in [0, 0.1) is 5.41 Å². The summed E-state index contributed by atoms with van der Waals surface area (Å²) in [4.78, 5) is 4.00. The van der Waals surface area contributed by atoms with Gasteiger partial charge in [0.25, 0.3) is 0 Å². The number of pyridine rings is 1. The van der Waals surface area contributed by atoms with Gasteiger partial charge in [0.05, 0.1) is 0 Å². The van der Waals surface area contributed by atoms with Crippen LogP contribution in [-0.2, 0) is 0 Å². The summed E-state index contributed by atoms with van der Waals surface area (Å²) < 4.78 is 0. The van der Waals surface area contributed by atoms with Gasteiger partial charge in [0, 0.05) is 17.8 Å². The van der Waals surface area contributed by atoms with Gasteiger partial charge in [0.15, 0.2) is 0 Å². The van der Waals surface area contributed by atoms with E-state index in [4.69, 9.17) is 17.3 Å². The molecule has 80 valence electrons. The Morgan fingerprint density at radius 2 is 2.00 bits per heavy atom. The molecule has 0 spiro atoms. The highest BCUT2D eigenvalue weighted by molar-refractivity contribution is 6.30. The van der Waals surface area contributed by atoms with Crippen molar-refractivity contribution in [3.63, 3.8) is 0 Å². The second-order valence-electron chi connectivity index (χ2n) is 4.23. The lowest BCUT2D eigenvalue weighted by atomic mass is 9.84. The molecule has 0 amide bonds. The molecule has 0 aliphatic heterocycles. The molecule has 0 radical (unpaired) electrons. The van der Waals surface area contributed by atoms with Gasteiger partial charge in [0.2, 0.25) is 0 Å². The van der Waals surface area contributed by atoms with Crippen molar-refractivity contribution in [1.82, 2.24) is 4.98 Å². The second kappa shape index (κ2) is 4.96. The first-order valence-electron chi connectivity index (χ1n) is 4.29. The smallest absolute Gasteiger partial charge is 0.133 e. The third-order valence-electron chi connectivity index (χ3n) is 2.06. The number of rotatable bonds is 1. The van der Waals surface area contributed by atoms with Gasteiger partial charge in [-0.1, -0.05) is 38.4 Å². The van der Waals surface area contributed by atoms with Gasteiger partial charge >= 0.3 is 0 Å². The Balaban J connectivity index is 0.00000169. The second-order valence-corrected chi connectivity index (χ2v) is 4.59. The van der Waals surface area contributed by atoms with Crippen LogP contribution >= 0.6 is 24.0 Å². The van der Waals surface area contributed by atoms with Crippen molar-refractivity contribution in [3.8, 4) is 0 Å². The topological polar surface area (TPSA) is 38.9 Å². The van der Waals surface area contributed by atoms with Crippen LogP contribution in [-0.4, -0.2) is 4.98 Å². The molecule has 1 atom stereocenters. The number of hydrogen-bond donors (Lipinski definition) is 1. The summed E-state index contributed by atoms with van der Waals surface area (Å²) in [6.07, 6.45) is 1.67. The summed E-state index contributed by atoms with van der Waals surface area (Å²) >= 11 is 5.93. The molecule has 1 rings (SSSR count). The SMILES string of the molecule is CC(C)(C)[C@H](N)c1cccnc1Cl.Cl. The first-order chi connectivity index (χ1) is 5.93. The standard InChI is InChI=1S/C10H15ClN2.ClH/c1-10(2,3)8(12)7-5-4-6-13-9(7)11;/h4-6,8H,12H2,1-3H3;1H/t8-;/m1./s1. The summed E-state index contributed by atoms with van der Waals surface area (Å²) in [7, 11) is 0. The largest absolute Gasteiger partial charge is 0.323 e. The lowest BCUT2D eigenvalue weighted by Crippen LogP contribution is -2.26. The van der Waals surface area contributed by atoms with E-state index in [-0.39, 0.29) is 23.9 Å². The average molecular weight is 235 g/mol. The van der Waals surface area contributed by atoms with Gasteiger partial charge in [-0.15, -0.1) is 12.4 Å². The van der Waals surface area contributed by atoms with Crippen LogP contribution < -0.4 is 5.73 Å². The molecule has 0 aliphatic rings. The highest BCUT2D eigenvalue weighted by Gasteiger charge is 2.24. The summed E-state index contributed by atoms with van der Waals surface area (Å²) in [5, 5.41) is 0.505. The predicted octanol–water partition coefficient (Wildman–Crippen LogP) is 3.20. The third-order valence-corrected chi connectivity index (χ3v) is 2.37. The fourth-order valence-electron chi connectivity index (χ4n) is 1.10. The molecule has 0 saturated carbocycles. The van der Waals surface area contributed by atoms with Crippen molar-refractivity contribution < 1.29 is 0 Å². The molecule has 0 unspecified atom stereocenters. The Labute approximate surface area is 96.3 Å². The number of nitrogens with zero attached hydrogens (tertiary/aromatic N) is 1. The molecule has 0 bridgehead atoms. The average Bonchev–Trinajstić information content (AvgIpc) is 2.02. The Hall–Kier alpha value is -0.310. The van der Waals surface area contributed by atoms with Crippen molar-refractivity contribution in [1.29, 1.82) is 0 Å². The quantitative estimate of drug-likeness (QED) is 0.759. The van der Waals surface area contributed by atoms with Crippen LogP contribution in [0.15, 0.2) is 18.3 Å². The Bertz CT molecular complexity index is 294. The maximum absolute atomic E-state index is 6.05. The molecule has 2 N–H and O–H groups in total. The third kappa shape index (κ3) is 3.12. The van der Waals surface area contributed by atoms with E-state index in [0.29, 0.717) is 5.15 Å². The predicted molar refractivity (Wildman–Crippen MR) is 62.9 cm³/mol. The minimum atomic E-state index is -0.0753. The zero-order valence-electron chi connectivity index (χ0n) is 8.62. The zero-order valence-corrected chi connectivity index (χ0v) is 10.2. The highest BCUT2D eigenvalue weighted by Crippen LogP contribution is 2.32. The normalized spacial score (nSPS) is 13.2. The van der Waals surface area contributed by atoms with Crippen LogP contribution in [0.1, 0.15) is 32.4 Å². The van der Waals surface area contributed by atoms with E-state index < -0.39 is 0 Å². The molecule has 0 aromatic carbocycles. The molecule has 0 fully saturated rings. The van der Waals surface area contributed by atoms with Crippen molar-refractivity contribution in [2.45, 2.75) is 26.8 Å². The minimum Gasteiger partial charge on any atom is -0.323 e. The molecule has 14 heavy (non-hydrogen) atoms. The maximum atomic E-state index is 6.05. The van der Waals surface area contributed by atoms with Gasteiger partial charge in [0.1, 0.15) is 5.15 Å². The van der Waals surface area contributed by atoms with Crippen molar-refractivity contribution >= 4 is 24.0 Å². The molecular weight excluding hydrogens is 219 g/mol. The first kappa shape index (κ1) is 13.7. The van der Waals surface area contributed by atoms with Crippen LogP contribution in [0.5, 0.6) is 0 Å². The minimum absolute atomic E-state index is 0. The fraction of sp³-hybridized carbons (Fsp3) is 0.500. The summed E-state index contributed by atoms with van der Waals surface area (Å²) in [5.74, 6) is 0. The fourth-order valence-corrected chi connectivity index (χ4v) is 1.33. The summed E-state index contributed by atoms with van der Waals surface area (Å²) in [6, 6.07) is 3.70. The monoisotopic (exact) mass is 234 g/mol. The molecule has 4 heteroatoms. The van der Waals surface area contributed by atoms with Crippen LogP contribution in [0.4, 0.5) is 0 Å². The van der Waals surface area contributed by atoms with Gasteiger partial charge in [-0.25, -0.2) is 4.98 Å². The first-order valence-corrected chi connectivity index (χ1v) is 4.66. The number of hydrogen-bond acceptors (Lipinski definition) is 2. The molecule has 1 aromatic heterocycles. The lowest BCUT2D eigenvalue weighted by molar-refractivity contribution is 0.326.